The van der Waals surface area contributed by atoms with Gasteiger partial charge in [0.1, 0.15) is 10.6 Å². The highest BCUT2D eigenvalue weighted by atomic mass is 35.5. The van der Waals surface area contributed by atoms with E-state index in [1.54, 1.807) is 18.2 Å². The van der Waals surface area contributed by atoms with E-state index in [9.17, 15) is 14.9 Å². The van der Waals surface area contributed by atoms with E-state index in [2.05, 4.69) is 5.10 Å². The van der Waals surface area contributed by atoms with Gasteiger partial charge in [0.15, 0.2) is 12.0 Å². The van der Waals surface area contributed by atoms with E-state index < -0.39 is 10.8 Å². The maximum atomic E-state index is 11.2. The minimum atomic E-state index is -0.667. The Bertz CT molecular complexity index is 917. The third-order valence-corrected chi connectivity index (χ3v) is 3.78. The zero-order valence-corrected chi connectivity index (χ0v) is 12.8. The van der Waals surface area contributed by atoms with E-state index >= 15 is 0 Å². The number of benzene rings is 1. The number of halogens is 2. The lowest BCUT2D eigenvalue weighted by molar-refractivity contribution is -0.401. The Morgan fingerprint density at radius 3 is 2.61 bits per heavy atom. The summed E-state index contributed by atoms with van der Waals surface area (Å²) in [5, 5.41) is 15.6. The van der Waals surface area contributed by atoms with Gasteiger partial charge >= 0.3 is 5.88 Å². The van der Waals surface area contributed by atoms with Crippen LogP contribution in [0, 0.1) is 10.1 Å². The number of hydrogen-bond donors (Lipinski definition) is 0. The van der Waals surface area contributed by atoms with Crippen molar-refractivity contribution in [3.05, 3.63) is 62.3 Å². The topological polar surface area (TPSA) is 91.2 Å². The quantitative estimate of drug-likeness (QED) is 0.399. The van der Waals surface area contributed by atoms with Crippen LogP contribution in [0.25, 0.3) is 17.1 Å². The molecule has 2 heterocycles. The Hall–Kier alpha value is -2.64. The van der Waals surface area contributed by atoms with Crippen LogP contribution in [0.15, 0.2) is 40.9 Å². The third-order valence-electron chi connectivity index (χ3n) is 3.04. The molecular weight excluding hydrogens is 345 g/mol. The number of rotatable bonds is 4. The van der Waals surface area contributed by atoms with Crippen molar-refractivity contribution in [2.24, 2.45) is 0 Å². The lowest BCUT2D eigenvalue weighted by Gasteiger charge is -2.02. The highest BCUT2D eigenvalue weighted by molar-refractivity contribution is 6.42. The molecule has 0 spiro atoms. The van der Waals surface area contributed by atoms with Crippen molar-refractivity contribution in [3.8, 4) is 17.1 Å². The fraction of sp³-hybridized carbons (Fsp3) is 0. The van der Waals surface area contributed by atoms with Gasteiger partial charge in [0.25, 0.3) is 0 Å². The monoisotopic (exact) mass is 351 g/mol. The smallest absolute Gasteiger partial charge is 0.399 e. The third kappa shape index (κ3) is 2.84. The van der Waals surface area contributed by atoms with E-state index in [1.807, 2.05) is 0 Å². The molecule has 0 aliphatic heterocycles. The summed E-state index contributed by atoms with van der Waals surface area (Å²) in [5.74, 6) is -0.307. The fourth-order valence-electron chi connectivity index (χ4n) is 1.98. The second-order valence-electron chi connectivity index (χ2n) is 4.49. The van der Waals surface area contributed by atoms with Gasteiger partial charge in [-0.3, -0.25) is 14.9 Å². The Balaban J connectivity index is 2.08. The van der Waals surface area contributed by atoms with Gasteiger partial charge in [0.05, 0.1) is 27.4 Å². The number of furan rings is 1. The molecule has 0 aliphatic carbocycles. The van der Waals surface area contributed by atoms with Crippen LogP contribution in [0.5, 0.6) is 0 Å². The molecule has 3 rings (SSSR count). The predicted octanol–water partition coefficient (Wildman–Crippen LogP) is 4.16. The molecule has 0 saturated heterocycles. The first-order valence-corrected chi connectivity index (χ1v) is 7.00. The molecule has 0 radical (unpaired) electrons. The second kappa shape index (κ2) is 5.86. The second-order valence-corrected chi connectivity index (χ2v) is 5.30. The van der Waals surface area contributed by atoms with Crippen LogP contribution in [0.3, 0.4) is 0 Å². The molecule has 0 N–H and O–H groups in total. The Labute approximate surface area is 139 Å². The number of nitrogens with zero attached hydrogens (tertiary/aromatic N) is 3. The van der Waals surface area contributed by atoms with Gasteiger partial charge in [0.2, 0.25) is 0 Å². The van der Waals surface area contributed by atoms with Gasteiger partial charge < -0.3 is 4.42 Å². The molecule has 0 aliphatic rings. The summed E-state index contributed by atoms with van der Waals surface area (Å²) in [6.45, 7) is 0. The molecule has 0 amide bonds. The van der Waals surface area contributed by atoms with Gasteiger partial charge in [-0.15, -0.1) is 0 Å². The van der Waals surface area contributed by atoms with Crippen LogP contribution in [0.2, 0.25) is 10.0 Å². The van der Waals surface area contributed by atoms with Gasteiger partial charge in [-0.05, 0) is 24.3 Å². The molecule has 1 aromatic carbocycles. The maximum absolute atomic E-state index is 11.2. The molecule has 0 bridgehead atoms. The summed E-state index contributed by atoms with van der Waals surface area (Å²) in [5.41, 5.74) is 0.995. The molecule has 23 heavy (non-hydrogen) atoms. The molecule has 7 nitrogen and oxygen atoms in total. The van der Waals surface area contributed by atoms with Crippen LogP contribution in [-0.2, 0) is 0 Å². The molecule has 0 unspecified atom stereocenters. The van der Waals surface area contributed by atoms with E-state index in [0.717, 1.165) is 0 Å². The van der Waals surface area contributed by atoms with Gasteiger partial charge in [-0.2, -0.15) is 5.10 Å². The Morgan fingerprint density at radius 2 is 2.00 bits per heavy atom. The number of carbonyl (C=O) groups excluding carboxylic acids is 1. The van der Waals surface area contributed by atoms with Crippen molar-refractivity contribution < 1.29 is 14.1 Å². The summed E-state index contributed by atoms with van der Waals surface area (Å²) in [6, 6.07) is 7.43. The number of aromatic nitrogens is 2. The summed E-state index contributed by atoms with van der Waals surface area (Å²) in [6.07, 6.45) is 2.06. The van der Waals surface area contributed by atoms with Crippen molar-refractivity contribution >= 4 is 35.4 Å². The minimum absolute atomic E-state index is 0.123. The van der Waals surface area contributed by atoms with E-state index in [0.29, 0.717) is 22.0 Å². The Morgan fingerprint density at radius 1 is 1.22 bits per heavy atom. The van der Waals surface area contributed by atoms with Crippen molar-refractivity contribution in [2.45, 2.75) is 0 Å². The first kappa shape index (κ1) is 15.3. The summed E-state index contributed by atoms with van der Waals surface area (Å²) in [4.78, 5) is 21.2. The maximum Gasteiger partial charge on any atom is 0.433 e. The van der Waals surface area contributed by atoms with Gasteiger partial charge in [-0.1, -0.05) is 23.2 Å². The van der Waals surface area contributed by atoms with Crippen LogP contribution in [0.1, 0.15) is 10.4 Å². The normalized spacial score (nSPS) is 10.7. The summed E-state index contributed by atoms with van der Waals surface area (Å²) >= 11 is 11.8. The highest BCUT2D eigenvalue weighted by Gasteiger charge is 2.19. The van der Waals surface area contributed by atoms with Crippen molar-refractivity contribution in [3.63, 3.8) is 0 Å². The molecule has 9 heteroatoms. The molecular formula is C14H7Cl2N3O4. The average Bonchev–Trinajstić information content (AvgIpc) is 3.15. The van der Waals surface area contributed by atoms with Crippen LogP contribution >= 0.6 is 23.2 Å². The zero-order valence-electron chi connectivity index (χ0n) is 11.3. The fourth-order valence-corrected chi connectivity index (χ4v) is 2.27. The summed E-state index contributed by atoms with van der Waals surface area (Å²) in [7, 11) is 0. The standard InChI is InChI=1S/C14H7Cl2N3O4/c15-10-2-1-9(5-11(10)16)18-6-8(7-20)14(17-18)12-3-4-13(23-12)19(21)22/h1-7H. The highest BCUT2D eigenvalue weighted by Crippen LogP contribution is 2.29. The molecule has 2 aromatic heterocycles. The Kier molecular flexibility index (Phi) is 3.89. The number of hydrogen-bond acceptors (Lipinski definition) is 5. The predicted molar refractivity (Wildman–Crippen MR) is 83.3 cm³/mol. The minimum Gasteiger partial charge on any atom is -0.399 e. The molecule has 3 aromatic rings. The number of aldehydes is 1. The lowest BCUT2D eigenvalue weighted by Crippen LogP contribution is -1.94. The zero-order chi connectivity index (χ0) is 16.6. The molecule has 0 saturated carbocycles. The van der Waals surface area contributed by atoms with Crippen molar-refractivity contribution in [1.29, 1.82) is 0 Å². The van der Waals surface area contributed by atoms with Gasteiger partial charge in [0, 0.05) is 6.20 Å². The van der Waals surface area contributed by atoms with E-state index in [4.69, 9.17) is 27.6 Å². The largest absolute Gasteiger partial charge is 0.433 e. The van der Waals surface area contributed by atoms with Gasteiger partial charge in [-0.25, -0.2) is 4.68 Å². The van der Waals surface area contributed by atoms with Crippen molar-refractivity contribution in [1.82, 2.24) is 9.78 Å². The van der Waals surface area contributed by atoms with Crippen LogP contribution in [0.4, 0.5) is 5.88 Å². The first-order valence-electron chi connectivity index (χ1n) is 6.24. The lowest BCUT2D eigenvalue weighted by atomic mass is 10.2. The average molecular weight is 352 g/mol. The van der Waals surface area contributed by atoms with Crippen molar-refractivity contribution in [2.75, 3.05) is 0 Å². The number of nitro groups is 1. The number of carbonyl (C=O) groups is 1. The summed E-state index contributed by atoms with van der Waals surface area (Å²) < 4.78 is 6.50. The molecule has 116 valence electrons. The SMILES string of the molecule is O=Cc1cn(-c2ccc(Cl)c(Cl)c2)nc1-c1ccc([N+](=O)[O-])o1. The van der Waals surface area contributed by atoms with Crippen LogP contribution < -0.4 is 0 Å². The molecule has 0 fully saturated rings. The van der Waals surface area contributed by atoms with E-state index in [1.165, 1.54) is 23.0 Å². The van der Waals surface area contributed by atoms with Crippen LogP contribution in [-0.4, -0.2) is 21.0 Å². The first-order chi connectivity index (χ1) is 11.0. The molecule has 0 atom stereocenters. The van der Waals surface area contributed by atoms with E-state index in [-0.39, 0.29) is 17.0 Å².